The number of ether oxygens (including phenoxy) is 1. The van der Waals surface area contributed by atoms with E-state index >= 15 is 0 Å². The van der Waals surface area contributed by atoms with Crippen LogP contribution in [0.5, 0.6) is 0 Å². The van der Waals surface area contributed by atoms with Crippen molar-refractivity contribution in [2.24, 2.45) is 0 Å². The van der Waals surface area contributed by atoms with Crippen LogP contribution in [0.1, 0.15) is 34.1 Å². The van der Waals surface area contributed by atoms with Crippen molar-refractivity contribution in [2.45, 2.75) is 52.0 Å². The monoisotopic (exact) mass is 200 g/mol. The molecule has 2 unspecified atom stereocenters. The molecule has 4 nitrogen and oxygen atoms in total. The maximum Gasteiger partial charge on any atom is 0.324 e. The summed E-state index contributed by atoms with van der Waals surface area (Å²) in [5, 5.41) is 11.1. The summed E-state index contributed by atoms with van der Waals surface area (Å²) in [5.41, 5.74) is -0.468. The highest BCUT2D eigenvalue weighted by molar-refractivity contribution is 5.77. The molecule has 4 heteroatoms. The maximum absolute atomic E-state index is 11.6. The molecular weight excluding hydrogens is 182 g/mol. The van der Waals surface area contributed by atoms with Crippen LogP contribution in [-0.4, -0.2) is 35.3 Å². The normalized spacial score (nSPS) is 25.4. The van der Waals surface area contributed by atoms with Crippen molar-refractivity contribution >= 4 is 5.97 Å². The summed E-state index contributed by atoms with van der Waals surface area (Å²) in [4.78, 5) is 13.2. The van der Waals surface area contributed by atoms with Gasteiger partial charge in [-0.25, -0.2) is 5.11 Å². The van der Waals surface area contributed by atoms with Crippen LogP contribution in [0.15, 0.2) is 0 Å². The van der Waals surface area contributed by atoms with Crippen LogP contribution < -0.4 is 0 Å². The molecule has 0 aromatic carbocycles. The Morgan fingerprint density at radius 1 is 1.50 bits per heavy atom. The molecule has 0 bridgehead atoms. The fraction of sp³-hybridized carbons (Fsp3) is 0.900. The molecule has 1 saturated heterocycles. The minimum atomic E-state index is -0.818. The van der Waals surface area contributed by atoms with Gasteiger partial charge in [0.1, 0.15) is 17.9 Å². The van der Waals surface area contributed by atoms with E-state index in [0.29, 0.717) is 6.54 Å². The van der Waals surface area contributed by atoms with E-state index in [1.165, 1.54) is 0 Å². The first kappa shape index (κ1) is 11.5. The molecule has 81 valence electrons. The third kappa shape index (κ3) is 2.69. The van der Waals surface area contributed by atoms with Gasteiger partial charge in [-0.2, -0.15) is 0 Å². The topological polar surface area (TPSA) is 49.4 Å². The Morgan fingerprint density at radius 2 is 2.07 bits per heavy atom. The minimum Gasteiger partial charge on any atom is -0.459 e. The number of esters is 1. The van der Waals surface area contributed by atoms with Gasteiger partial charge in [-0.1, -0.05) is 0 Å². The zero-order valence-electron chi connectivity index (χ0n) is 9.24. The van der Waals surface area contributed by atoms with Crippen LogP contribution in [0.2, 0.25) is 0 Å². The molecule has 0 aliphatic carbocycles. The van der Waals surface area contributed by atoms with Crippen molar-refractivity contribution in [2.75, 3.05) is 6.54 Å². The van der Waals surface area contributed by atoms with Gasteiger partial charge in [0.25, 0.3) is 0 Å². The minimum absolute atomic E-state index is 0.272. The lowest BCUT2D eigenvalue weighted by atomic mass is 10.0. The third-order valence-electron chi connectivity index (χ3n) is 2.21. The van der Waals surface area contributed by atoms with Gasteiger partial charge in [-0.15, -0.1) is 0 Å². The van der Waals surface area contributed by atoms with Gasteiger partial charge in [0.2, 0.25) is 0 Å². The van der Waals surface area contributed by atoms with E-state index in [1.807, 2.05) is 20.8 Å². The zero-order chi connectivity index (χ0) is 10.9. The number of rotatable bonds is 2. The van der Waals surface area contributed by atoms with Gasteiger partial charge >= 0.3 is 5.97 Å². The first-order chi connectivity index (χ1) is 6.31. The van der Waals surface area contributed by atoms with E-state index in [0.717, 1.165) is 6.42 Å². The van der Waals surface area contributed by atoms with E-state index in [1.54, 1.807) is 11.8 Å². The summed E-state index contributed by atoms with van der Waals surface area (Å²) in [5.74, 6) is -0.272. The Hall–Kier alpha value is -0.610. The smallest absolute Gasteiger partial charge is 0.324 e. The van der Waals surface area contributed by atoms with Crippen LogP contribution in [0.25, 0.3) is 0 Å². The lowest BCUT2D eigenvalue weighted by Gasteiger charge is -2.41. The van der Waals surface area contributed by atoms with Gasteiger partial charge < -0.3 is 4.74 Å². The quantitative estimate of drug-likeness (QED) is 0.629. The largest absolute Gasteiger partial charge is 0.459 e. The van der Waals surface area contributed by atoms with Crippen LogP contribution in [-0.2, 0) is 14.6 Å². The second-order valence-corrected chi connectivity index (χ2v) is 4.68. The Balaban J connectivity index is 2.46. The van der Waals surface area contributed by atoms with Crippen LogP contribution in [0, 0.1) is 0 Å². The molecule has 1 aliphatic rings. The molecule has 0 spiro atoms. The van der Waals surface area contributed by atoms with Gasteiger partial charge in [0.15, 0.2) is 0 Å². The van der Waals surface area contributed by atoms with Gasteiger partial charge in [0.05, 0.1) is 0 Å². The third-order valence-corrected chi connectivity index (χ3v) is 2.21. The van der Waals surface area contributed by atoms with Gasteiger partial charge in [0, 0.05) is 6.54 Å². The average Bonchev–Trinajstić information content (AvgIpc) is 1.75. The average molecular weight is 200 g/mol. The van der Waals surface area contributed by atoms with Crippen molar-refractivity contribution in [3.63, 3.8) is 0 Å². The summed E-state index contributed by atoms with van der Waals surface area (Å²) in [7, 11) is 0. The standard InChI is InChI=1S/C10H18NO3/c1-7(12)11-6-5-8(11)9(13)14-10(2,3)4/h7-8H,5-6H2,1-4H3. The molecule has 1 radical (unpaired) electrons. The molecule has 0 saturated carbocycles. The predicted octanol–water partition coefficient (Wildman–Crippen LogP) is 1.18. The number of nitrogens with zero attached hydrogens (tertiary/aromatic N) is 1. The number of hydrogen-bond donors (Lipinski definition) is 0. The summed E-state index contributed by atoms with van der Waals surface area (Å²) in [6, 6.07) is -0.318. The highest BCUT2D eigenvalue weighted by Gasteiger charge is 2.39. The van der Waals surface area contributed by atoms with Crippen molar-refractivity contribution in [1.29, 1.82) is 0 Å². The summed E-state index contributed by atoms with van der Waals surface area (Å²) >= 11 is 0. The summed E-state index contributed by atoms with van der Waals surface area (Å²) < 4.78 is 5.20. The molecule has 1 heterocycles. The van der Waals surface area contributed by atoms with Gasteiger partial charge in [-0.3, -0.25) is 9.69 Å². The van der Waals surface area contributed by atoms with Crippen molar-refractivity contribution < 1.29 is 14.6 Å². The number of likely N-dealkylation sites (tertiary alicyclic amines) is 1. The zero-order valence-corrected chi connectivity index (χ0v) is 9.24. The second-order valence-electron chi connectivity index (χ2n) is 4.68. The molecule has 1 rings (SSSR count). The van der Waals surface area contributed by atoms with Crippen LogP contribution in [0.4, 0.5) is 0 Å². The fourth-order valence-corrected chi connectivity index (χ4v) is 1.47. The van der Waals surface area contributed by atoms with Crippen molar-refractivity contribution in [1.82, 2.24) is 4.90 Å². The van der Waals surface area contributed by atoms with E-state index in [-0.39, 0.29) is 12.0 Å². The maximum atomic E-state index is 11.6. The Morgan fingerprint density at radius 3 is 2.36 bits per heavy atom. The molecule has 1 fully saturated rings. The first-order valence-corrected chi connectivity index (χ1v) is 4.95. The molecule has 0 amide bonds. The molecule has 14 heavy (non-hydrogen) atoms. The highest BCUT2D eigenvalue weighted by Crippen LogP contribution is 2.22. The molecule has 0 aromatic rings. The van der Waals surface area contributed by atoms with E-state index in [4.69, 9.17) is 4.74 Å². The number of hydrogen-bond acceptors (Lipinski definition) is 3. The first-order valence-electron chi connectivity index (χ1n) is 4.95. The molecule has 0 aromatic heterocycles. The second kappa shape index (κ2) is 3.87. The number of carbonyl (C=O) groups excluding carboxylic acids is 1. The summed E-state index contributed by atoms with van der Waals surface area (Å²) in [6.45, 7) is 7.74. The van der Waals surface area contributed by atoms with E-state index in [9.17, 15) is 9.90 Å². The van der Waals surface area contributed by atoms with Gasteiger partial charge in [-0.05, 0) is 34.1 Å². The fourth-order valence-electron chi connectivity index (χ4n) is 1.47. The summed E-state index contributed by atoms with van der Waals surface area (Å²) in [6.07, 6.45) is -0.0807. The van der Waals surface area contributed by atoms with Crippen molar-refractivity contribution in [3.05, 3.63) is 0 Å². The SMILES string of the molecule is CC([O])N1CCC1C(=O)OC(C)(C)C. The van der Waals surface area contributed by atoms with E-state index in [2.05, 4.69) is 0 Å². The molecule has 0 N–H and O–H groups in total. The highest BCUT2D eigenvalue weighted by atomic mass is 16.6. The van der Waals surface area contributed by atoms with E-state index < -0.39 is 11.8 Å². The Labute approximate surface area is 84.8 Å². The molecular formula is C10H18NO3. The Kier molecular flexibility index (Phi) is 3.17. The van der Waals surface area contributed by atoms with Crippen LogP contribution >= 0.6 is 0 Å². The van der Waals surface area contributed by atoms with Crippen LogP contribution in [0.3, 0.4) is 0 Å². The predicted molar refractivity (Wildman–Crippen MR) is 51.1 cm³/mol. The molecule has 2 atom stereocenters. The number of carbonyl (C=O) groups is 1. The van der Waals surface area contributed by atoms with Crippen molar-refractivity contribution in [3.8, 4) is 0 Å². The molecule has 1 aliphatic heterocycles. The Bertz CT molecular complexity index is 220. The lowest BCUT2D eigenvalue weighted by molar-refractivity contribution is -0.178. The lowest BCUT2D eigenvalue weighted by Crippen LogP contribution is -2.57.